The normalized spacial score (nSPS) is 12.8. The van der Waals surface area contributed by atoms with Gasteiger partial charge in [0.1, 0.15) is 23.2 Å². The molecule has 48 heavy (non-hydrogen) atoms. The summed E-state index contributed by atoms with van der Waals surface area (Å²) < 4.78 is 92.6. The minimum atomic E-state index is -5.46. The molecule has 256 valence electrons. The van der Waals surface area contributed by atoms with Crippen LogP contribution in [0.15, 0.2) is 58.8 Å². The van der Waals surface area contributed by atoms with Gasteiger partial charge < -0.3 is 40.5 Å². The van der Waals surface area contributed by atoms with Crippen LogP contribution in [0.3, 0.4) is 0 Å². The number of sulfonamides is 1. The number of aromatic hydroxyl groups is 2. The summed E-state index contributed by atoms with van der Waals surface area (Å²) in [6.07, 6.45) is -5.07. The number of fused-ring (bicyclic) bond motifs is 1. The molecule has 8 N–H and O–H groups in total. The van der Waals surface area contributed by atoms with E-state index in [0.29, 0.717) is 33.6 Å². The zero-order valence-corrected chi connectivity index (χ0v) is 26.8. The molecule has 0 radical (unpaired) electrons. The highest BCUT2D eigenvalue weighted by molar-refractivity contribution is 7.92. The molecule has 1 heterocycles. The van der Waals surface area contributed by atoms with E-state index in [1.807, 2.05) is 0 Å². The molecule has 1 atom stereocenters. The third kappa shape index (κ3) is 8.54. The van der Waals surface area contributed by atoms with Crippen molar-refractivity contribution >= 4 is 44.9 Å². The molecule has 0 bridgehead atoms. The molecule has 1 unspecified atom stereocenters. The molecule has 4 rings (SSSR count). The molecule has 0 aliphatic heterocycles. The Kier molecular flexibility index (Phi) is 10.9. The predicted octanol–water partition coefficient (Wildman–Crippen LogP) is 3.50. The number of carbonyl (C=O) groups is 1. The molecule has 14 nitrogen and oxygen atoms in total. The number of benzene rings is 3. The van der Waals surface area contributed by atoms with Crippen LogP contribution >= 0.6 is 18.9 Å². The van der Waals surface area contributed by atoms with Crippen LogP contribution in [-0.4, -0.2) is 60.6 Å². The highest BCUT2D eigenvalue weighted by Gasteiger charge is 2.39. The number of halogens is 3. The van der Waals surface area contributed by atoms with Crippen molar-refractivity contribution in [3.05, 3.63) is 76.9 Å². The summed E-state index contributed by atoms with van der Waals surface area (Å²) in [6, 6.07) is 10.6. The maximum Gasteiger partial charge on any atom is 0.417 e. The second kappa shape index (κ2) is 14.4. The molecule has 1 amide bonds. The Morgan fingerprint density at radius 3 is 2.33 bits per heavy atom. The van der Waals surface area contributed by atoms with Gasteiger partial charge in [-0.1, -0.05) is 6.07 Å². The highest BCUT2D eigenvalue weighted by atomic mass is 32.2. The lowest BCUT2D eigenvalue weighted by molar-refractivity contribution is -0.137. The van der Waals surface area contributed by atoms with Crippen molar-refractivity contribution in [2.24, 2.45) is 5.73 Å². The summed E-state index contributed by atoms with van der Waals surface area (Å²) in [5, 5.41) is 30.9. The van der Waals surface area contributed by atoms with E-state index in [4.69, 9.17) is 20.5 Å². The Labute approximate surface area is 274 Å². The molecule has 0 fully saturated rings. The van der Waals surface area contributed by atoms with Crippen LogP contribution in [0.2, 0.25) is 0 Å². The van der Waals surface area contributed by atoms with E-state index in [-0.39, 0.29) is 43.4 Å². The van der Waals surface area contributed by atoms with Crippen molar-refractivity contribution < 1.29 is 60.4 Å². The number of amides is 1. The molecule has 0 aliphatic carbocycles. The van der Waals surface area contributed by atoms with E-state index in [9.17, 15) is 50.9 Å². The van der Waals surface area contributed by atoms with E-state index in [0.717, 1.165) is 24.3 Å². The highest BCUT2D eigenvalue weighted by Crippen LogP contribution is 2.52. The van der Waals surface area contributed by atoms with Crippen LogP contribution in [0.5, 0.6) is 23.0 Å². The first kappa shape index (κ1) is 36.4. The minimum Gasteiger partial charge on any atom is -0.504 e. The van der Waals surface area contributed by atoms with E-state index >= 15 is 0 Å². The summed E-state index contributed by atoms with van der Waals surface area (Å²) >= 11 is 0.656. The quantitative estimate of drug-likeness (QED) is 0.0594. The van der Waals surface area contributed by atoms with Crippen LogP contribution in [0, 0.1) is 11.3 Å². The molecular formula is C28H26F3N4O10PS2. The number of phenols is 2. The molecule has 0 saturated heterocycles. The second-order valence-electron chi connectivity index (χ2n) is 9.87. The SMILES string of the molecule is N#Cc1ccc(C(NS(=O)(=O)c2cc3cc(OCCN)c(OCCNC(=O)c4ccc(O)c(O)c4)cc3s2)P(=O)(O)O)cc1C(F)(F)F. The average molecular weight is 731 g/mol. The third-order valence-corrected chi connectivity index (χ3v) is 10.7. The van der Waals surface area contributed by atoms with Gasteiger partial charge in [-0.15, -0.1) is 11.3 Å². The van der Waals surface area contributed by atoms with Crippen molar-refractivity contribution in [2.45, 2.75) is 16.2 Å². The van der Waals surface area contributed by atoms with Crippen LogP contribution in [0.4, 0.5) is 13.2 Å². The fourth-order valence-corrected chi connectivity index (χ4v) is 8.24. The monoisotopic (exact) mass is 730 g/mol. The summed E-state index contributed by atoms with van der Waals surface area (Å²) in [6.45, 7) is 0.00840. The first-order valence-electron chi connectivity index (χ1n) is 13.5. The Balaban J connectivity index is 1.58. The maximum absolute atomic E-state index is 13.5. The first-order chi connectivity index (χ1) is 22.4. The van der Waals surface area contributed by atoms with Crippen LogP contribution < -0.4 is 25.2 Å². The van der Waals surface area contributed by atoms with Crippen molar-refractivity contribution in [1.29, 1.82) is 5.26 Å². The van der Waals surface area contributed by atoms with E-state index in [1.165, 1.54) is 24.3 Å². The average Bonchev–Trinajstić information content (AvgIpc) is 3.44. The van der Waals surface area contributed by atoms with Gasteiger partial charge in [0.15, 0.2) is 23.0 Å². The lowest BCUT2D eigenvalue weighted by Crippen LogP contribution is -2.28. The molecule has 0 spiro atoms. The van der Waals surface area contributed by atoms with Gasteiger partial charge >= 0.3 is 13.8 Å². The van der Waals surface area contributed by atoms with Crippen molar-refractivity contribution in [3.8, 4) is 29.1 Å². The summed E-state index contributed by atoms with van der Waals surface area (Å²) in [5.41, 5.74) is 2.56. The van der Waals surface area contributed by atoms with Gasteiger partial charge in [-0.2, -0.15) is 23.2 Å². The van der Waals surface area contributed by atoms with E-state index in [2.05, 4.69) is 5.32 Å². The molecule has 3 aromatic carbocycles. The lowest BCUT2D eigenvalue weighted by Gasteiger charge is -2.21. The van der Waals surface area contributed by atoms with Gasteiger partial charge in [-0.25, -0.2) is 8.42 Å². The standard InChI is InChI=1S/C28H26F3N4O10PS2/c29-28(30,31)19-9-16(1-2-17(19)14-33)27(46(39,40)41)35-48(42,43)25-12-18-11-22(44-7-5-32)23(13-24(18)47-25)45-8-6-34-26(38)15-3-4-20(36)21(37)10-15/h1-4,9-13,27,35-37H,5-8,32H2,(H,34,38)(H2,39,40,41). The van der Waals surface area contributed by atoms with E-state index in [1.54, 1.807) is 4.72 Å². The first-order valence-corrected chi connectivity index (χ1v) is 17.4. The summed E-state index contributed by atoms with van der Waals surface area (Å²) in [5.74, 6) is -3.62. The number of hydrogen-bond donors (Lipinski definition) is 7. The number of nitrogens with one attached hydrogen (secondary N) is 2. The van der Waals surface area contributed by atoms with Crippen molar-refractivity contribution in [1.82, 2.24) is 10.0 Å². The largest absolute Gasteiger partial charge is 0.504 e. The zero-order valence-electron chi connectivity index (χ0n) is 24.3. The third-order valence-electron chi connectivity index (χ3n) is 6.47. The number of nitrogens with two attached hydrogens (primary N) is 1. The van der Waals surface area contributed by atoms with Crippen molar-refractivity contribution in [2.75, 3.05) is 26.3 Å². The Hall–Kier alpha value is -4.41. The number of alkyl halides is 3. The summed E-state index contributed by atoms with van der Waals surface area (Å²) in [4.78, 5) is 32.2. The molecule has 1 aromatic heterocycles. The number of nitriles is 1. The number of carbonyl (C=O) groups excluding carboxylic acids is 1. The molecular weight excluding hydrogens is 704 g/mol. The van der Waals surface area contributed by atoms with Gasteiger partial charge in [0.25, 0.3) is 15.9 Å². The van der Waals surface area contributed by atoms with Gasteiger partial charge in [0.2, 0.25) is 0 Å². The van der Waals surface area contributed by atoms with Gasteiger partial charge in [0, 0.05) is 22.9 Å². The van der Waals surface area contributed by atoms with Crippen LogP contribution in [0.1, 0.15) is 32.8 Å². The fourth-order valence-electron chi connectivity index (χ4n) is 4.24. The Morgan fingerprint density at radius 2 is 1.71 bits per heavy atom. The minimum absolute atomic E-state index is 0.0298. The molecule has 0 aliphatic rings. The number of rotatable bonds is 13. The number of thiophene rings is 1. The topological polar surface area (TPSA) is 242 Å². The fraction of sp³-hybridized carbons (Fsp3) is 0.214. The predicted molar refractivity (Wildman–Crippen MR) is 165 cm³/mol. The number of phenolic OH excluding ortho intramolecular Hbond substituents is 2. The van der Waals surface area contributed by atoms with Crippen molar-refractivity contribution in [3.63, 3.8) is 0 Å². The van der Waals surface area contributed by atoms with Crippen LogP contribution in [-0.2, 0) is 20.8 Å². The van der Waals surface area contributed by atoms with E-state index < -0.39 is 67.9 Å². The zero-order chi connectivity index (χ0) is 35.4. The Bertz CT molecular complexity index is 2050. The van der Waals surface area contributed by atoms with Gasteiger partial charge in [-0.3, -0.25) is 9.36 Å². The number of hydrogen-bond acceptors (Lipinski definition) is 11. The summed E-state index contributed by atoms with van der Waals surface area (Å²) in [7, 11) is -10.2. The maximum atomic E-state index is 13.5. The van der Waals surface area contributed by atoms with Crippen LogP contribution in [0.25, 0.3) is 10.1 Å². The number of ether oxygens (including phenoxy) is 2. The molecule has 4 aromatic rings. The molecule has 20 heteroatoms. The lowest BCUT2D eigenvalue weighted by atomic mass is 10.0. The number of nitrogens with zero attached hydrogens (tertiary/aromatic N) is 1. The second-order valence-corrected chi connectivity index (χ2v) is 14.6. The van der Waals surface area contributed by atoms with Gasteiger partial charge in [0.05, 0.1) is 23.7 Å². The molecule has 0 saturated carbocycles. The smallest absolute Gasteiger partial charge is 0.417 e. The Morgan fingerprint density at radius 1 is 1.02 bits per heavy atom. The van der Waals surface area contributed by atoms with Gasteiger partial charge in [-0.05, 0) is 53.4 Å².